The SMILES string of the molecule is CCCCCCNC(=O)c1c[nH]c2ccc(N)cc12. The van der Waals surface area contributed by atoms with Crippen molar-refractivity contribution in [1.29, 1.82) is 0 Å². The van der Waals surface area contributed by atoms with Crippen molar-refractivity contribution >= 4 is 22.5 Å². The van der Waals surface area contributed by atoms with Gasteiger partial charge in [0.05, 0.1) is 5.56 Å². The third-order valence-electron chi connectivity index (χ3n) is 3.27. The van der Waals surface area contributed by atoms with Crippen LogP contribution in [0.25, 0.3) is 10.9 Å². The standard InChI is InChI=1S/C15H21N3O/c1-2-3-4-5-8-17-15(19)13-10-18-14-7-6-11(16)9-12(13)14/h6-7,9-10,18H,2-5,8,16H2,1H3,(H,17,19). The number of hydrogen-bond donors (Lipinski definition) is 3. The summed E-state index contributed by atoms with van der Waals surface area (Å²) < 4.78 is 0. The molecule has 2 rings (SSSR count). The highest BCUT2D eigenvalue weighted by atomic mass is 16.1. The van der Waals surface area contributed by atoms with Gasteiger partial charge in [-0.3, -0.25) is 4.79 Å². The van der Waals surface area contributed by atoms with Gasteiger partial charge < -0.3 is 16.0 Å². The lowest BCUT2D eigenvalue weighted by Gasteiger charge is -2.04. The second-order valence-electron chi connectivity index (χ2n) is 4.82. The largest absolute Gasteiger partial charge is 0.399 e. The number of amides is 1. The Bertz CT molecular complexity index is 560. The van der Waals surface area contributed by atoms with Crippen LogP contribution in [0.2, 0.25) is 0 Å². The number of fused-ring (bicyclic) bond motifs is 1. The Morgan fingerprint density at radius 3 is 2.95 bits per heavy atom. The highest BCUT2D eigenvalue weighted by Gasteiger charge is 2.11. The number of H-pyrrole nitrogens is 1. The van der Waals surface area contributed by atoms with Crippen LogP contribution in [0.15, 0.2) is 24.4 Å². The van der Waals surface area contributed by atoms with E-state index in [1.807, 2.05) is 18.2 Å². The molecule has 0 saturated carbocycles. The van der Waals surface area contributed by atoms with Crippen molar-refractivity contribution in [3.05, 3.63) is 30.0 Å². The van der Waals surface area contributed by atoms with Crippen molar-refractivity contribution in [2.45, 2.75) is 32.6 Å². The van der Waals surface area contributed by atoms with Crippen LogP contribution >= 0.6 is 0 Å². The van der Waals surface area contributed by atoms with E-state index < -0.39 is 0 Å². The third kappa shape index (κ3) is 3.28. The number of unbranched alkanes of at least 4 members (excludes halogenated alkanes) is 3. The lowest BCUT2D eigenvalue weighted by Crippen LogP contribution is -2.24. The number of anilines is 1. The molecule has 1 aromatic carbocycles. The van der Waals surface area contributed by atoms with Crippen LogP contribution in [0.3, 0.4) is 0 Å². The van der Waals surface area contributed by atoms with Crippen molar-refractivity contribution in [3.8, 4) is 0 Å². The zero-order valence-corrected chi connectivity index (χ0v) is 11.3. The molecule has 0 bridgehead atoms. The number of rotatable bonds is 6. The molecule has 0 radical (unpaired) electrons. The first-order valence-electron chi connectivity index (χ1n) is 6.87. The maximum Gasteiger partial charge on any atom is 0.253 e. The minimum atomic E-state index is -0.0339. The molecule has 1 amide bonds. The summed E-state index contributed by atoms with van der Waals surface area (Å²) in [7, 11) is 0. The van der Waals surface area contributed by atoms with E-state index in [9.17, 15) is 4.79 Å². The number of nitrogens with one attached hydrogen (secondary N) is 2. The topological polar surface area (TPSA) is 70.9 Å². The first kappa shape index (κ1) is 13.5. The molecule has 0 aliphatic heterocycles. The number of benzene rings is 1. The summed E-state index contributed by atoms with van der Waals surface area (Å²) in [6, 6.07) is 5.55. The molecule has 4 N–H and O–H groups in total. The Hall–Kier alpha value is -1.97. The highest BCUT2D eigenvalue weighted by Crippen LogP contribution is 2.20. The normalized spacial score (nSPS) is 10.8. The summed E-state index contributed by atoms with van der Waals surface area (Å²) in [6.45, 7) is 2.91. The van der Waals surface area contributed by atoms with Gasteiger partial charge in [0.2, 0.25) is 0 Å². The number of aromatic amines is 1. The van der Waals surface area contributed by atoms with Crippen LogP contribution in [0, 0.1) is 0 Å². The maximum atomic E-state index is 12.1. The average Bonchev–Trinajstić information content (AvgIpc) is 2.81. The lowest BCUT2D eigenvalue weighted by molar-refractivity contribution is 0.0954. The zero-order valence-electron chi connectivity index (χ0n) is 11.3. The summed E-state index contributed by atoms with van der Waals surface area (Å²) >= 11 is 0. The van der Waals surface area contributed by atoms with Gasteiger partial charge in [0.25, 0.3) is 5.91 Å². The van der Waals surface area contributed by atoms with Gasteiger partial charge in [0, 0.05) is 29.3 Å². The summed E-state index contributed by atoms with van der Waals surface area (Å²) in [4.78, 5) is 15.2. The number of nitrogen functional groups attached to an aromatic ring is 1. The Labute approximate surface area is 113 Å². The Morgan fingerprint density at radius 1 is 1.32 bits per heavy atom. The zero-order chi connectivity index (χ0) is 13.7. The van der Waals surface area contributed by atoms with E-state index >= 15 is 0 Å². The smallest absolute Gasteiger partial charge is 0.253 e. The van der Waals surface area contributed by atoms with Crippen molar-refractivity contribution in [1.82, 2.24) is 10.3 Å². The molecule has 0 atom stereocenters. The van der Waals surface area contributed by atoms with E-state index in [0.29, 0.717) is 11.3 Å². The quantitative estimate of drug-likeness (QED) is 0.551. The van der Waals surface area contributed by atoms with Gasteiger partial charge in [-0.2, -0.15) is 0 Å². The molecular formula is C15H21N3O. The van der Waals surface area contributed by atoms with Crippen LogP contribution in [-0.4, -0.2) is 17.4 Å². The molecule has 0 saturated heterocycles. The van der Waals surface area contributed by atoms with E-state index in [4.69, 9.17) is 5.73 Å². The number of carbonyl (C=O) groups is 1. The molecule has 4 nitrogen and oxygen atoms in total. The summed E-state index contributed by atoms with van der Waals surface area (Å²) in [5, 5.41) is 3.84. The fourth-order valence-electron chi connectivity index (χ4n) is 2.18. The van der Waals surface area contributed by atoms with Gasteiger partial charge in [-0.25, -0.2) is 0 Å². The summed E-state index contributed by atoms with van der Waals surface area (Å²) in [6.07, 6.45) is 6.36. The molecule has 19 heavy (non-hydrogen) atoms. The number of carbonyl (C=O) groups excluding carboxylic acids is 1. The predicted octanol–water partition coefficient (Wildman–Crippen LogP) is 3.06. The molecule has 2 aromatic rings. The molecule has 102 valence electrons. The first-order chi connectivity index (χ1) is 9.22. The third-order valence-corrected chi connectivity index (χ3v) is 3.27. The van der Waals surface area contributed by atoms with E-state index in [1.54, 1.807) is 6.20 Å². The van der Waals surface area contributed by atoms with E-state index in [-0.39, 0.29) is 5.91 Å². The van der Waals surface area contributed by atoms with E-state index in [2.05, 4.69) is 17.2 Å². The maximum absolute atomic E-state index is 12.1. The highest BCUT2D eigenvalue weighted by molar-refractivity contribution is 6.07. The number of hydrogen-bond acceptors (Lipinski definition) is 2. The molecule has 0 unspecified atom stereocenters. The summed E-state index contributed by atoms with van der Waals surface area (Å²) in [5.41, 5.74) is 8.03. The second kappa shape index (κ2) is 6.27. The number of nitrogens with two attached hydrogens (primary N) is 1. The predicted molar refractivity (Wildman–Crippen MR) is 79.2 cm³/mol. The van der Waals surface area contributed by atoms with Gasteiger partial charge in [0.15, 0.2) is 0 Å². The Kier molecular flexibility index (Phi) is 4.44. The van der Waals surface area contributed by atoms with Gasteiger partial charge in [-0.1, -0.05) is 26.2 Å². The minimum Gasteiger partial charge on any atom is -0.399 e. The van der Waals surface area contributed by atoms with Crippen molar-refractivity contribution < 1.29 is 4.79 Å². The molecular weight excluding hydrogens is 238 g/mol. The van der Waals surface area contributed by atoms with Crippen LogP contribution in [-0.2, 0) is 0 Å². The molecule has 1 aromatic heterocycles. The van der Waals surface area contributed by atoms with Gasteiger partial charge in [-0.15, -0.1) is 0 Å². The molecule has 0 aliphatic carbocycles. The average molecular weight is 259 g/mol. The van der Waals surface area contributed by atoms with Crippen LogP contribution in [0.1, 0.15) is 43.0 Å². The van der Waals surface area contributed by atoms with Crippen LogP contribution in [0.5, 0.6) is 0 Å². The number of aromatic nitrogens is 1. The van der Waals surface area contributed by atoms with E-state index in [0.717, 1.165) is 30.3 Å². The fraction of sp³-hybridized carbons (Fsp3) is 0.400. The monoisotopic (exact) mass is 259 g/mol. The Morgan fingerprint density at radius 2 is 2.16 bits per heavy atom. The van der Waals surface area contributed by atoms with Gasteiger partial charge in [0.1, 0.15) is 0 Å². The molecule has 0 fully saturated rings. The van der Waals surface area contributed by atoms with Crippen molar-refractivity contribution in [2.75, 3.05) is 12.3 Å². The molecule has 4 heteroatoms. The molecule has 0 aliphatic rings. The molecule has 1 heterocycles. The Balaban J connectivity index is 1.99. The summed E-state index contributed by atoms with van der Waals surface area (Å²) in [5.74, 6) is -0.0339. The van der Waals surface area contributed by atoms with Gasteiger partial charge >= 0.3 is 0 Å². The minimum absolute atomic E-state index is 0.0339. The van der Waals surface area contributed by atoms with Crippen molar-refractivity contribution in [2.24, 2.45) is 0 Å². The lowest BCUT2D eigenvalue weighted by atomic mass is 10.1. The first-order valence-corrected chi connectivity index (χ1v) is 6.87. The second-order valence-corrected chi connectivity index (χ2v) is 4.82. The van der Waals surface area contributed by atoms with Crippen LogP contribution < -0.4 is 11.1 Å². The van der Waals surface area contributed by atoms with Crippen molar-refractivity contribution in [3.63, 3.8) is 0 Å². The molecule has 0 spiro atoms. The fourth-order valence-corrected chi connectivity index (χ4v) is 2.18. The van der Waals surface area contributed by atoms with E-state index in [1.165, 1.54) is 12.8 Å². The van der Waals surface area contributed by atoms with Crippen LogP contribution in [0.4, 0.5) is 5.69 Å². The van der Waals surface area contributed by atoms with Gasteiger partial charge in [-0.05, 0) is 24.6 Å².